The van der Waals surface area contributed by atoms with Gasteiger partial charge in [-0.25, -0.2) is 4.79 Å². The maximum absolute atomic E-state index is 12.3. The fourth-order valence-corrected chi connectivity index (χ4v) is 2.49. The molecule has 5 heteroatoms. The molecule has 1 aliphatic rings. The number of benzene rings is 1. The highest BCUT2D eigenvalue weighted by molar-refractivity contribution is 5.88. The molecule has 2 atom stereocenters. The highest BCUT2D eigenvalue weighted by atomic mass is 16.4. The topological polar surface area (TPSA) is 78.4 Å². The third-order valence-corrected chi connectivity index (χ3v) is 3.60. The largest absolute Gasteiger partial charge is 0.480 e. The second-order valence-electron chi connectivity index (χ2n) is 5.40. The summed E-state index contributed by atoms with van der Waals surface area (Å²) in [5.74, 6) is -1.44. The van der Waals surface area contributed by atoms with Crippen molar-refractivity contribution < 1.29 is 14.7 Å². The Bertz CT molecular complexity index is 514. The third-order valence-electron chi connectivity index (χ3n) is 3.60. The molecule has 0 saturated carbocycles. The van der Waals surface area contributed by atoms with E-state index in [4.69, 9.17) is 5.11 Å². The van der Waals surface area contributed by atoms with Crippen LogP contribution in [0.2, 0.25) is 0 Å². The van der Waals surface area contributed by atoms with Crippen LogP contribution in [0.3, 0.4) is 0 Å². The summed E-state index contributed by atoms with van der Waals surface area (Å²) in [5.41, 5.74) is 2.08. The molecular weight excluding hydrogens is 256 g/mol. The summed E-state index contributed by atoms with van der Waals surface area (Å²) in [6.07, 6.45) is 0.881. The Balaban J connectivity index is 2.16. The Labute approximate surface area is 118 Å². The molecule has 20 heavy (non-hydrogen) atoms. The zero-order chi connectivity index (χ0) is 14.7. The number of carboxylic acids is 1. The molecule has 1 aromatic carbocycles. The lowest BCUT2D eigenvalue weighted by atomic mass is 9.93. The predicted molar refractivity (Wildman–Crippen MR) is 75.3 cm³/mol. The second-order valence-corrected chi connectivity index (χ2v) is 5.40. The molecule has 1 aliphatic heterocycles. The van der Waals surface area contributed by atoms with E-state index in [-0.39, 0.29) is 11.8 Å². The molecule has 1 heterocycles. The summed E-state index contributed by atoms with van der Waals surface area (Å²) in [6.45, 7) is 4.27. The number of aliphatic carboxylic acids is 1. The van der Waals surface area contributed by atoms with Crippen LogP contribution in [0.15, 0.2) is 24.3 Å². The van der Waals surface area contributed by atoms with E-state index in [1.165, 1.54) is 0 Å². The first-order chi connectivity index (χ1) is 9.50. The summed E-state index contributed by atoms with van der Waals surface area (Å²) in [4.78, 5) is 23.5. The molecule has 108 valence electrons. The van der Waals surface area contributed by atoms with E-state index in [0.29, 0.717) is 6.54 Å². The SMILES string of the molecule is CC(C)[C@H](NC(=O)C1NCCc2ccccc21)C(=O)O. The molecule has 0 radical (unpaired) electrons. The van der Waals surface area contributed by atoms with E-state index in [9.17, 15) is 9.59 Å². The number of carboxylic acid groups (broad SMARTS) is 1. The lowest BCUT2D eigenvalue weighted by Crippen LogP contribution is -2.49. The Kier molecular flexibility index (Phi) is 4.39. The molecule has 0 bridgehead atoms. The summed E-state index contributed by atoms with van der Waals surface area (Å²) >= 11 is 0. The number of nitrogens with one attached hydrogen (secondary N) is 2. The molecule has 1 aromatic rings. The van der Waals surface area contributed by atoms with Crippen molar-refractivity contribution >= 4 is 11.9 Å². The first-order valence-electron chi connectivity index (χ1n) is 6.85. The van der Waals surface area contributed by atoms with Crippen molar-refractivity contribution in [2.45, 2.75) is 32.4 Å². The van der Waals surface area contributed by atoms with Crippen molar-refractivity contribution in [2.75, 3.05) is 6.54 Å². The molecule has 1 amide bonds. The van der Waals surface area contributed by atoms with Crippen molar-refractivity contribution in [2.24, 2.45) is 5.92 Å². The predicted octanol–water partition coefficient (Wildman–Crippen LogP) is 1.10. The van der Waals surface area contributed by atoms with Crippen molar-refractivity contribution in [3.63, 3.8) is 0 Å². The van der Waals surface area contributed by atoms with E-state index >= 15 is 0 Å². The van der Waals surface area contributed by atoms with E-state index in [0.717, 1.165) is 17.5 Å². The average Bonchev–Trinajstić information content (AvgIpc) is 2.43. The minimum atomic E-state index is -1.00. The number of carbonyl (C=O) groups excluding carboxylic acids is 1. The Hall–Kier alpha value is -1.88. The summed E-state index contributed by atoms with van der Waals surface area (Å²) in [5, 5.41) is 14.9. The van der Waals surface area contributed by atoms with Crippen LogP contribution in [0.1, 0.15) is 31.0 Å². The lowest BCUT2D eigenvalue weighted by molar-refractivity contribution is -0.143. The van der Waals surface area contributed by atoms with Gasteiger partial charge in [-0.2, -0.15) is 0 Å². The molecule has 0 saturated heterocycles. The molecule has 0 fully saturated rings. The second kappa shape index (κ2) is 6.05. The van der Waals surface area contributed by atoms with Crippen LogP contribution in [-0.2, 0) is 16.0 Å². The van der Waals surface area contributed by atoms with Gasteiger partial charge in [0.15, 0.2) is 0 Å². The zero-order valence-corrected chi connectivity index (χ0v) is 11.7. The van der Waals surface area contributed by atoms with Gasteiger partial charge in [-0.15, -0.1) is 0 Å². The van der Waals surface area contributed by atoms with Gasteiger partial charge in [-0.1, -0.05) is 38.1 Å². The highest BCUT2D eigenvalue weighted by Crippen LogP contribution is 2.23. The first kappa shape index (κ1) is 14.5. The molecule has 0 aliphatic carbocycles. The fraction of sp³-hybridized carbons (Fsp3) is 0.467. The maximum Gasteiger partial charge on any atom is 0.326 e. The van der Waals surface area contributed by atoms with Gasteiger partial charge in [0.05, 0.1) is 0 Å². The monoisotopic (exact) mass is 276 g/mol. The summed E-state index contributed by atoms with van der Waals surface area (Å²) < 4.78 is 0. The molecule has 3 N–H and O–H groups in total. The number of hydrogen-bond acceptors (Lipinski definition) is 3. The molecule has 1 unspecified atom stereocenters. The summed E-state index contributed by atoms with van der Waals surface area (Å²) in [7, 11) is 0. The molecular formula is C15H20N2O3. The average molecular weight is 276 g/mol. The maximum atomic E-state index is 12.3. The number of amides is 1. The smallest absolute Gasteiger partial charge is 0.326 e. The van der Waals surface area contributed by atoms with Crippen LogP contribution in [-0.4, -0.2) is 29.6 Å². The van der Waals surface area contributed by atoms with Crippen molar-refractivity contribution in [3.8, 4) is 0 Å². The quantitative estimate of drug-likeness (QED) is 0.769. The van der Waals surface area contributed by atoms with Crippen LogP contribution in [0.4, 0.5) is 0 Å². The van der Waals surface area contributed by atoms with E-state index < -0.39 is 18.1 Å². The normalized spacial score (nSPS) is 19.2. The van der Waals surface area contributed by atoms with Crippen LogP contribution >= 0.6 is 0 Å². The third kappa shape index (κ3) is 2.99. The minimum Gasteiger partial charge on any atom is -0.480 e. The summed E-state index contributed by atoms with van der Waals surface area (Å²) in [6, 6.07) is 6.43. The molecule has 5 nitrogen and oxygen atoms in total. The van der Waals surface area contributed by atoms with E-state index in [1.807, 2.05) is 24.3 Å². The Morgan fingerprint density at radius 3 is 2.70 bits per heavy atom. The van der Waals surface area contributed by atoms with Gasteiger partial charge in [-0.05, 0) is 23.5 Å². The molecule has 2 rings (SSSR count). The van der Waals surface area contributed by atoms with Gasteiger partial charge in [0, 0.05) is 6.54 Å². The molecule has 0 aromatic heterocycles. The molecule has 0 spiro atoms. The van der Waals surface area contributed by atoms with Crippen LogP contribution in [0.25, 0.3) is 0 Å². The van der Waals surface area contributed by atoms with Gasteiger partial charge >= 0.3 is 5.97 Å². The minimum absolute atomic E-state index is 0.157. The number of rotatable bonds is 4. The fourth-order valence-electron chi connectivity index (χ4n) is 2.49. The van der Waals surface area contributed by atoms with Crippen molar-refractivity contribution in [3.05, 3.63) is 35.4 Å². The van der Waals surface area contributed by atoms with Gasteiger partial charge in [0.25, 0.3) is 0 Å². The van der Waals surface area contributed by atoms with Gasteiger partial charge in [0.1, 0.15) is 12.1 Å². The van der Waals surface area contributed by atoms with Crippen LogP contribution < -0.4 is 10.6 Å². The van der Waals surface area contributed by atoms with Crippen molar-refractivity contribution in [1.29, 1.82) is 0 Å². The Morgan fingerprint density at radius 2 is 2.05 bits per heavy atom. The standard InChI is InChI=1S/C15H20N2O3/c1-9(2)12(15(19)20)17-14(18)13-11-6-4-3-5-10(11)7-8-16-13/h3-6,9,12-13,16H,7-8H2,1-2H3,(H,17,18)(H,19,20)/t12-,13?/m0/s1. The zero-order valence-electron chi connectivity index (χ0n) is 11.7. The first-order valence-corrected chi connectivity index (χ1v) is 6.85. The van der Waals surface area contributed by atoms with E-state index in [1.54, 1.807) is 13.8 Å². The Morgan fingerprint density at radius 1 is 1.35 bits per heavy atom. The van der Waals surface area contributed by atoms with Gasteiger partial charge < -0.3 is 15.7 Å². The number of carbonyl (C=O) groups is 2. The van der Waals surface area contributed by atoms with E-state index in [2.05, 4.69) is 10.6 Å². The number of hydrogen-bond donors (Lipinski definition) is 3. The van der Waals surface area contributed by atoms with Crippen LogP contribution in [0, 0.1) is 5.92 Å². The lowest BCUT2D eigenvalue weighted by Gasteiger charge is -2.28. The van der Waals surface area contributed by atoms with Crippen LogP contribution in [0.5, 0.6) is 0 Å². The van der Waals surface area contributed by atoms with Crippen molar-refractivity contribution in [1.82, 2.24) is 10.6 Å². The van der Waals surface area contributed by atoms with Gasteiger partial charge in [-0.3, -0.25) is 4.79 Å². The number of fused-ring (bicyclic) bond motifs is 1. The van der Waals surface area contributed by atoms with Gasteiger partial charge in [0.2, 0.25) is 5.91 Å². The highest BCUT2D eigenvalue weighted by Gasteiger charge is 2.30.